The average Bonchev–Trinajstić information content (AvgIpc) is 2.25. The Bertz CT molecular complexity index is 124. The van der Waals surface area contributed by atoms with Gasteiger partial charge in [0.1, 0.15) is 0 Å². The molecule has 0 aromatic carbocycles. The number of morpholine rings is 1. The van der Waals surface area contributed by atoms with Crippen LogP contribution in [-0.4, -0.2) is 38.9 Å². The van der Waals surface area contributed by atoms with Crippen molar-refractivity contribution in [1.29, 1.82) is 0 Å². The van der Waals surface area contributed by atoms with Crippen molar-refractivity contribution in [3.8, 4) is 0 Å². The monoisotopic (exact) mass is 200 g/mol. The van der Waals surface area contributed by atoms with Gasteiger partial charge in [-0.2, -0.15) is 0 Å². The number of ether oxygens (including phenoxy) is 1. The molecule has 0 aromatic heterocycles. The van der Waals surface area contributed by atoms with E-state index in [9.17, 15) is 0 Å². The summed E-state index contributed by atoms with van der Waals surface area (Å²) in [5.41, 5.74) is 0. The predicted molar refractivity (Wildman–Crippen MR) is 59.6 cm³/mol. The molecule has 1 aliphatic heterocycles. The van der Waals surface area contributed by atoms with Crippen LogP contribution in [-0.2, 0) is 4.74 Å². The number of hydrogen-bond donors (Lipinski definition) is 2. The van der Waals surface area contributed by atoms with Crippen LogP contribution in [0.1, 0.15) is 32.6 Å². The SMILES string of the molecule is CCCCCCNCC1COCCN1. The summed E-state index contributed by atoms with van der Waals surface area (Å²) in [7, 11) is 0. The molecule has 0 aromatic rings. The first-order valence-corrected chi connectivity index (χ1v) is 5.95. The minimum absolute atomic E-state index is 0.523. The first-order chi connectivity index (χ1) is 6.93. The highest BCUT2D eigenvalue weighted by molar-refractivity contribution is 4.72. The average molecular weight is 200 g/mol. The third-order valence-electron chi connectivity index (χ3n) is 2.60. The molecule has 2 N–H and O–H groups in total. The summed E-state index contributed by atoms with van der Waals surface area (Å²) in [4.78, 5) is 0. The maximum atomic E-state index is 5.38. The molecule has 0 bridgehead atoms. The van der Waals surface area contributed by atoms with E-state index in [-0.39, 0.29) is 0 Å². The molecular formula is C11H24N2O. The van der Waals surface area contributed by atoms with Crippen molar-refractivity contribution in [2.24, 2.45) is 0 Å². The Balaban J connectivity index is 1.82. The third kappa shape index (κ3) is 5.58. The van der Waals surface area contributed by atoms with Crippen LogP contribution >= 0.6 is 0 Å². The standard InChI is InChI=1S/C11H24N2O/c1-2-3-4-5-6-12-9-11-10-14-8-7-13-11/h11-13H,2-10H2,1H3. The lowest BCUT2D eigenvalue weighted by Gasteiger charge is -2.23. The van der Waals surface area contributed by atoms with Gasteiger partial charge in [-0.25, -0.2) is 0 Å². The summed E-state index contributed by atoms with van der Waals surface area (Å²) in [6.07, 6.45) is 5.35. The molecule has 0 radical (unpaired) electrons. The summed E-state index contributed by atoms with van der Waals surface area (Å²) >= 11 is 0. The van der Waals surface area contributed by atoms with Gasteiger partial charge in [0.15, 0.2) is 0 Å². The van der Waals surface area contributed by atoms with Crippen molar-refractivity contribution in [3.63, 3.8) is 0 Å². The summed E-state index contributed by atoms with van der Waals surface area (Å²) in [5, 5.41) is 6.91. The molecule has 1 rings (SSSR count). The molecule has 1 aliphatic rings. The van der Waals surface area contributed by atoms with E-state index in [1.54, 1.807) is 0 Å². The Morgan fingerprint density at radius 2 is 2.29 bits per heavy atom. The van der Waals surface area contributed by atoms with Gasteiger partial charge in [-0.3, -0.25) is 0 Å². The van der Waals surface area contributed by atoms with Crippen LogP contribution < -0.4 is 10.6 Å². The van der Waals surface area contributed by atoms with E-state index in [0.717, 1.165) is 32.8 Å². The highest BCUT2D eigenvalue weighted by Crippen LogP contribution is 1.97. The van der Waals surface area contributed by atoms with Gasteiger partial charge in [-0.05, 0) is 13.0 Å². The fourth-order valence-corrected chi connectivity index (χ4v) is 1.70. The summed E-state index contributed by atoms with van der Waals surface area (Å²) in [6, 6.07) is 0.523. The smallest absolute Gasteiger partial charge is 0.0632 e. The van der Waals surface area contributed by atoms with Crippen LogP contribution in [0.3, 0.4) is 0 Å². The van der Waals surface area contributed by atoms with Crippen molar-refractivity contribution >= 4 is 0 Å². The van der Waals surface area contributed by atoms with Crippen molar-refractivity contribution in [2.75, 3.05) is 32.8 Å². The van der Waals surface area contributed by atoms with Crippen LogP contribution in [0.2, 0.25) is 0 Å². The van der Waals surface area contributed by atoms with Crippen LogP contribution in [0.25, 0.3) is 0 Å². The second kappa shape index (κ2) is 8.21. The molecular weight excluding hydrogens is 176 g/mol. The van der Waals surface area contributed by atoms with Gasteiger partial charge in [0.25, 0.3) is 0 Å². The number of unbranched alkanes of at least 4 members (excludes halogenated alkanes) is 3. The Morgan fingerprint density at radius 3 is 3.00 bits per heavy atom. The zero-order valence-corrected chi connectivity index (χ0v) is 9.35. The molecule has 0 amide bonds. The van der Waals surface area contributed by atoms with Crippen LogP contribution in [0.15, 0.2) is 0 Å². The van der Waals surface area contributed by atoms with E-state index in [2.05, 4.69) is 17.6 Å². The van der Waals surface area contributed by atoms with Gasteiger partial charge >= 0.3 is 0 Å². The second-order valence-corrected chi connectivity index (χ2v) is 3.99. The molecule has 3 heteroatoms. The highest BCUT2D eigenvalue weighted by Gasteiger charge is 2.11. The van der Waals surface area contributed by atoms with E-state index in [1.807, 2.05) is 0 Å². The summed E-state index contributed by atoms with van der Waals surface area (Å²) in [5.74, 6) is 0. The lowest BCUT2D eigenvalue weighted by Crippen LogP contribution is -2.47. The minimum Gasteiger partial charge on any atom is -0.378 e. The maximum absolute atomic E-state index is 5.38. The fourth-order valence-electron chi connectivity index (χ4n) is 1.70. The molecule has 14 heavy (non-hydrogen) atoms. The highest BCUT2D eigenvalue weighted by atomic mass is 16.5. The Hall–Kier alpha value is -0.120. The molecule has 0 spiro atoms. The first kappa shape index (κ1) is 12.0. The van der Waals surface area contributed by atoms with Crippen molar-refractivity contribution in [3.05, 3.63) is 0 Å². The van der Waals surface area contributed by atoms with E-state index in [0.29, 0.717) is 6.04 Å². The number of nitrogens with one attached hydrogen (secondary N) is 2. The van der Waals surface area contributed by atoms with Gasteiger partial charge < -0.3 is 15.4 Å². The Kier molecular flexibility index (Phi) is 7.01. The Labute approximate surface area is 87.6 Å². The molecule has 0 aliphatic carbocycles. The molecule has 1 saturated heterocycles. The van der Waals surface area contributed by atoms with Crippen LogP contribution in [0, 0.1) is 0 Å². The van der Waals surface area contributed by atoms with Gasteiger partial charge in [-0.1, -0.05) is 26.2 Å². The van der Waals surface area contributed by atoms with Gasteiger partial charge in [0, 0.05) is 19.1 Å². The molecule has 0 saturated carbocycles. The van der Waals surface area contributed by atoms with E-state index < -0.39 is 0 Å². The lowest BCUT2D eigenvalue weighted by atomic mass is 10.2. The van der Waals surface area contributed by atoms with Gasteiger partial charge in [0.2, 0.25) is 0 Å². The minimum atomic E-state index is 0.523. The quantitative estimate of drug-likeness (QED) is 0.605. The molecule has 1 fully saturated rings. The molecule has 1 heterocycles. The summed E-state index contributed by atoms with van der Waals surface area (Å²) < 4.78 is 5.38. The number of rotatable bonds is 7. The molecule has 1 atom stereocenters. The molecule has 3 nitrogen and oxygen atoms in total. The van der Waals surface area contributed by atoms with E-state index in [4.69, 9.17) is 4.74 Å². The van der Waals surface area contributed by atoms with Crippen LogP contribution in [0.5, 0.6) is 0 Å². The maximum Gasteiger partial charge on any atom is 0.0632 e. The van der Waals surface area contributed by atoms with Crippen molar-refractivity contribution < 1.29 is 4.74 Å². The zero-order chi connectivity index (χ0) is 10.1. The van der Waals surface area contributed by atoms with E-state index >= 15 is 0 Å². The normalized spacial score (nSPS) is 22.5. The van der Waals surface area contributed by atoms with Crippen molar-refractivity contribution in [2.45, 2.75) is 38.6 Å². The first-order valence-electron chi connectivity index (χ1n) is 5.95. The zero-order valence-electron chi connectivity index (χ0n) is 9.35. The fraction of sp³-hybridized carbons (Fsp3) is 1.00. The van der Waals surface area contributed by atoms with Crippen LogP contribution in [0.4, 0.5) is 0 Å². The second-order valence-electron chi connectivity index (χ2n) is 3.99. The van der Waals surface area contributed by atoms with Crippen molar-refractivity contribution in [1.82, 2.24) is 10.6 Å². The molecule has 84 valence electrons. The topological polar surface area (TPSA) is 33.3 Å². The van der Waals surface area contributed by atoms with E-state index in [1.165, 1.54) is 25.7 Å². The van der Waals surface area contributed by atoms with Gasteiger partial charge in [0.05, 0.1) is 13.2 Å². The largest absolute Gasteiger partial charge is 0.378 e. The molecule has 1 unspecified atom stereocenters. The third-order valence-corrected chi connectivity index (χ3v) is 2.60. The Morgan fingerprint density at radius 1 is 1.36 bits per heavy atom. The summed E-state index contributed by atoms with van der Waals surface area (Å²) in [6.45, 7) is 7.18. The van der Waals surface area contributed by atoms with Gasteiger partial charge in [-0.15, -0.1) is 0 Å². The predicted octanol–water partition coefficient (Wildman–Crippen LogP) is 1.14. The lowest BCUT2D eigenvalue weighted by molar-refractivity contribution is 0.0768. The number of hydrogen-bond acceptors (Lipinski definition) is 3.